The van der Waals surface area contributed by atoms with Crippen molar-refractivity contribution in [2.24, 2.45) is 5.73 Å². The van der Waals surface area contributed by atoms with E-state index >= 15 is 0 Å². The summed E-state index contributed by atoms with van der Waals surface area (Å²) in [5.74, 6) is -0.570. The monoisotopic (exact) mass is 283 g/mol. The topological polar surface area (TPSA) is 92.5 Å². The Hall–Kier alpha value is -1.44. The van der Waals surface area contributed by atoms with Gasteiger partial charge in [-0.15, -0.1) is 0 Å². The molecule has 0 aromatic heterocycles. The molecule has 1 saturated heterocycles. The maximum absolute atomic E-state index is 12.5. The molecule has 0 radical (unpaired) electrons. The van der Waals surface area contributed by atoms with Gasteiger partial charge in [0.1, 0.15) is 0 Å². The van der Waals surface area contributed by atoms with Crippen LogP contribution in [0.3, 0.4) is 0 Å². The van der Waals surface area contributed by atoms with Crippen LogP contribution in [-0.2, 0) is 10.0 Å². The zero-order valence-electron chi connectivity index (χ0n) is 10.7. The molecule has 1 aliphatic rings. The van der Waals surface area contributed by atoms with Crippen LogP contribution >= 0.6 is 0 Å². The Labute approximate surface area is 112 Å². The first-order valence-electron chi connectivity index (χ1n) is 6.05. The maximum atomic E-state index is 12.5. The number of hydrogen-bond acceptors (Lipinski definition) is 4. The Bertz CT molecular complexity index is 568. The molecule has 7 heteroatoms. The van der Waals surface area contributed by atoms with Crippen LogP contribution in [0.2, 0.25) is 0 Å². The van der Waals surface area contributed by atoms with E-state index < -0.39 is 15.9 Å². The van der Waals surface area contributed by atoms with E-state index in [1.54, 1.807) is 0 Å². The zero-order chi connectivity index (χ0) is 14.0. The molecule has 1 unspecified atom stereocenters. The summed E-state index contributed by atoms with van der Waals surface area (Å²) in [6, 6.07) is 5.62. The summed E-state index contributed by atoms with van der Waals surface area (Å²) in [6.45, 7) is 3.59. The van der Waals surface area contributed by atoms with Gasteiger partial charge in [0, 0.05) is 31.2 Å². The van der Waals surface area contributed by atoms with E-state index in [-0.39, 0.29) is 10.9 Å². The Morgan fingerprint density at radius 2 is 2.00 bits per heavy atom. The van der Waals surface area contributed by atoms with Gasteiger partial charge in [-0.1, -0.05) is 0 Å². The molecule has 0 bridgehead atoms. The van der Waals surface area contributed by atoms with Gasteiger partial charge in [0.05, 0.1) is 4.90 Å². The normalized spacial score (nSPS) is 21.2. The second-order valence-electron chi connectivity index (χ2n) is 4.56. The number of rotatable bonds is 3. The van der Waals surface area contributed by atoms with Crippen LogP contribution < -0.4 is 11.1 Å². The summed E-state index contributed by atoms with van der Waals surface area (Å²) >= 11 is 0. The van der Waals surface area contributed by atoms with Gasteiger partial charge in [0.2, 0.25) is 15.9 Å². The van der Waals surface area contributed by atoms with Crippen molar-refractivity contribution in [1.29, 1.82) is 0 Å². The summed E-state index contributed by atoms with van der Waals surface area (Å²) in [5, 5.41) is 3.14. The number of primary amides is 1. The van der Waals surface area contributed by atoms with Gasteiger partial charge < -0.3 is 11.1 Å². The van der Waals surface area contributed by atoms with Crippen molar-refractivity contribution in [3.05, 3.63) is 29.8 Å². The first-order valence-corrected chi connectivity index (χ1v) is 7.49. The van der Waals surface area contributed by atoms with Crippen LogP contribution in [0.5, 0.6) is 0 Å². The molecule has 0 saturated carbocycles. The molecule has 1 atom stereocenters. The highest BCUT2D eigenvalue weighted by Gasteiger charge is 2.30. The number of benzene rings is 1. The van der Waals surface area contributed by atoms with Crippen LogP contribution in [-0.4, -0.2) is 44.3 Å². The summed E-state index contributed by atoms with van der Waals surface area (Å²) in [4.78, 5) is 11.2. The molecule has 19 heavy (non-hydrogen) atoms. The van der Waals surface area contributed by atoms with Crippen molar-refractivity contribution in [2.45, 2.75) is 17.9 Å². The van der Waals surface area contributed by atoms with Gasteiger partial charge in [-0.25, -0.2) is 8.42 Å². The van der Waals surface area contributed by atoms with Crippen molar-refractivity contribution >= 4 is 15.9 Å². The minimum absolute atomic E-state index is 0.0884. The van der Waals surface area contributed by atoms with Crippen LogP contribution in [0.15, 0.2) is 29.2 Å². The molecule has 1 aromatic rings. The summed E-state index contributed by atoms with van der Waals surface area (Å²) < 4.78 is 26.4. The highest BCUT2D eigenvalue weighted by atomic mass is 32.2. The minimum Gasteiger partial charge on any atom is -0.366 e. The predicted octanol–water partition coefficient (Wildman–Crippen LogP) is -0.232. The Kier molecular flexibility index (Phi) is 3.88. The third-order valence-corrected chi connectivity index (χ3v) is 5.21. The zero-order valence-corrected chi connectivity index (χ0v) is 11.5. The van der Waals surface area contributed by atoms with Crippen LogP contribution in [0, 0.1) is 0 Å². The first-order chi connectivity index (χ1) is 8.93. The average Bonchev–Trinajstić information content (AvgIpc) is 2.39. The van der Waals surface area contributed by atoms with E-state index in [9.17, 15) is 13.2 Å². The molecule has 6 nitrogen and oxygen atoms in total. The predicted molar refractivity (Wildman–Crippen MR) is 71.2 cm³/mol. The van der Waals surface area contributed by atoms with Gasteiger partial charge >= 0.3 is 0 Å². The highest BCUT2D eigenvalue weighted by Crippen LogP contribution is 2.19. The second-order valence-corrected chi connectivity index (χ2v) is 6.45. The molecule has 1 fully saturated rings. The second kappa shape index (κ2) is 5.28. The number of carbonyl (C=O) groups is 1. The van der Waals surface area contributed by atoms with Crippen molar-refractivity contribution in [2.75, 3.05) is 19.6 Å². The standard InChI is InChI=1S/C12H17N3O3S/c1-9-8-14-6-7-15(9)19(17,18)11-4-2-10(3-5-11)12(13)16/h2-5,9,14H,6-8H2,1H3,(H2,13,16). The SMILES string of the molecule is CC1CNCCN1S(=O)(=O)c1ccc(C(N)=O)cc1. The van der Waals surface area contributed by atoms with Crippen LogP contribution in [0.1, 0.15) is 17.3 Å². The lowest BCUT2D eigenvalue weighted by Crippen LogP contribution is -2.52. The van der Waals surface area contributed by atoms with Crippen molar-refractivity contribution < 1.29 is 13.2 Å². The fourth-order valence-electron chi connectivity index (χ4n) is 2.11. The number of carbonyl (C=O) groups excluding carboxylic acids is 1. The minimum atomic E-state index is -3.51. The van der Waals surface area contributed by atoms with Crippen molar-refractivity contribution in [1.82, 2.24) is 9.62 Å². The van der Waals surface area contributed by atoms with E-state index in [4.69, 9.17) is 5.73 Å². The number of nitrogens with zero attached hydrogens (tertiary/aromatic N) is 1. The fourth-order valence-corrected chi connectivity index (χ4v) is 3.74. The van der Waals surface area contributed by atoms with E-state index in [1.165, 1.54) is 28.6 Å². The van der Waals surface area contributed by atoms with Crippen molar-refractivity contribution in [3.8, 4) is 0 Å². The van der Waals surface area contributed by atoms with Crippen LogP contribution in [0.25, 0.3) is 0 Å². The van der Waals surface area contributed by atoms with Crippen molar-refractivity contribution in [3.63, 3.8) is 0 Å². The van der Waals surface area contributed by atoms with Crippen LogP contribution in [0.4, 0.5) is 0 Å². The third kappa shape index (κ3) is 2.78. The van der Waals surface area contributed by atoms with Gasteiger partial charge in [0.15, 0.2) is 0 Å². The number of amides is 1. The molecular formula is C12H17N3O3S. The molecule has 2 rings (SSSR count). The van der Waals surface area contributed by atoms with E-state index in [0.717, 1.165) is 0 Å². The average molecular weight is 283 g/mol. The smallest absolute Gasteiger partial charge is 0.248 e. The van der Waals surface area contributed by atoms with Gasteiger partial charge in [0.25, 0.3) is 0 Å². The number of piperazine rings is 1. The highest BCUT2D eigenvalue weighted by molar-refractivity contribution is 7.89. The van der Waals surface area contributed by atoms with Gasteiger partial charge in [-0.05, 0) is 31.2 Å². The first kappa shape index (κ1) is 14.0. The molecule has 3 N–H and O–H groups in total. The Morgan fingerprint density at radius 1 is 1.37 bits per heavy atom. The Balaban J connectivity index is 2.30. The number of sulfonamides is 1. The van der Waals surface area contributed by atoms with E-state index in [1.807, 2.05) is 6.92 Å². The summed E-state index contributed by atoms with van der Waals surface area (Å²) in [6.07, 6.45) is 0. The molecule has 0 spiro atoms. The molecular weight excluding hydrogens is 266 g/mol. The maximum Gasteiger partial charge on any atom is 0.248 e. The largest absolute Gasteiger partial charge is 0.366 e. The molecule has 1 heterocycles. The quantitative estimate of drug-likeness (QED) is 0.801. The Morgan fingerprint density at radius 3 is 2.53 bits per heavy atom. The fraction of sp³-hybridized carbons (Fsp3) is 0.417. The third-order valence-electron chi connectivity index (χ3n) is 3.19. The van der Waals surface area contributed by atoms with E-state index in [2.05, 4.69) is 5.32 Å². The number of hydrogen-bond donors (Lipinski definition) is 2. The van der Waals surface area contributed by atoms with E-state index in [0.29, 0.717) is 25.2 Å². The van der Waals surface area contributed by atoms with Gasteiger partial charge in [-0.3, -0.25) is 4.79 Å². The molecule has 0 aliphatic carbocycles. The lowest BCUT2D eigenvalue weighted by atomic mass is 10.2. The number of nitrogens with one attached hydrogen (secondary N) is 1. The molecule has 104 valence electrons. The van der Waals surface area contributed by atoms with Gasteiger partial charge in [-0.2, -0.15) is 4.31 Å². The summed E-state index contributed by atoms with van der Waals surface area (Å²) in [5.41, 5.74) is 5.43. The molecule has 1 aliphatic heterocycles. The lowest BCUT2D eigenvalue weighted by Gasteiger charge is -2.32. The number of nitrogens with two attached hydrogens (primary N) is 1. The summed E-state index contributed by atoms with van der Waals surface area (Å²) in [7, 11) is -3.51. The lowest BCUT2D eigenvalue weighted by molar-refractivity contribution is 0.1000. The molecule has 1 aromatic carbocycles. The molecule has 1 amide bonds.